The standard InChI is InChI=1S/C13H27NO3S.C2H6/c1-13(2,3)12(15)11-17-7-6-16-8-10-18-9-5-14-4;1-2/h14H,5-11H2,1-4H3;1-2H3. The maximum Gasteiger partial charge on any atom is 0.163 e. The lowest BCUT2D eigenvalue weighted by Crippen LogP contribution is -2.25. The second-order valence-corrected chi connectivity index (χ2v) is 6.28. The van der Waals surface area contributed by atoms with Gasteiger partial charge in [0.15, 0.2) is 5.78 Å². The van der Waals surface area contributed by atoms with Crippen LogP contribution in [0.2, 0.25) is 0 Å². The van der Waals surface area contributed by atoms with Crippen molar-refractivity contribution in [2.75, 3.05) is 51.5 Å². The van der Waals surface area contributed by atoms with Crippen molar-refractivity contribution in [2.24, 2.45) is 5.41 Å². The quantitative estimate of drug-likeness (QED) is 0.595. The Balaban J connectivity index is 0. The molecule has 0 aliphatic carbocycles. The first-order valence-electron chi connectivity index (χ1n) is 7.39. The van der Waals surface area contributed by atoms with E-state index in [1.807, 2.05) is 53.4 Å². The molecule has 0 aromatic heterocycles. The molecule has 0 fully saturated rings. The van der Waals surface area contributed by atoms with Gasteiger partial charge in [-0.2, -0.15) is 11.8 Å². The van der Waals surface area contributed by atoms with E-state index >= 15 is 0 Å². The molecule has 0 aliphatic heterocycles. The average molecular weight is 308 g/mol. The highest BCUT2D eigenvalue weighted by Gasteiger charge is 2.20. The summed E-state index contributed by atoms with van der Waals surface area (Å²) in [6, 6.07) is 0. The Morgan fingerprint density at radius 2 is 1.65 bits per heavy atom. The van der Waals surface area contributed by atoms with Gasteiger partial charge in [-0.1, -0.05) is 34.6 Å². The molecule has 5 heteroatoms. The van der Waals surface area contributed by atoms with Gasteiger partial charge in [0, 0.05) is 23.5 Å². The van der Waals surface area contributed by atoms with Gasteiger partial charge in [0.1, 0.15) is 6.61 Å². The third-order valence-corrected chi connectivity index (χ3v) is 3.26. The highest BCUT2D eigenvalue weighted by atomic mass is 32.2. The van der Waals surface area contributed by atoms with Crippen LogP contribution in [0.5, 0.6) is 0 Å². The number of hydrogen-bond donors (Lipinski definition) is 1. The summed E-state index contributed by atoms with van der Waals surface area (Å²) in [5.41, 5.74) is -0.315. The van der Waals surface area contributed by atoms with Crippen LogP contribution in [0.1, 0.15) is 34.6 Å². The topological polar surface area (TPSA) is 47.6 Å². The van der Waals surface area contributed by atoms with E-state index in [9.17, 15) is 4.79 Å². The summed E-state index contributed by atoms with van der Waals surface area (Å²) in [6.45, 7) is 12.7. The molecule has 0 saturated heterocycles. The number of thioether (sulfide) groups is 1. The highest BCUT2D eigenvalue weighted by molar-refractivity contribution is 7.99. The number of rotatable bonds is 11. The predicted molar refractivity (Wildman–Crippen MR) is 88.7 cm³/mol. The summed E-state index contributed by atoms with van der Waals surface area (Å²) in [5, 5.41) is 3.10. The van der Waals surface area contributed by atoms with Crippen molar-refractivity contribution < 1.29 is 14.3 Å². The first-order valence-corrected chi connectivity index (χ1v) is 8.55. The fraction of sp³-hybridized carbons (Fsp3) is 0.933. The fourth-order valence-corrected chi connectivity index (χ4v) is 1.78. The first kappa shape index (κ1) is 22.2. The fourth-order valence-electron chi connectivity index (χ4n) is 0.995. The van der Waals surface area contributed by atoms with Crippen LogP contribution < -0.4 is 5.32 Å². The molecule has 0 amide bonds. The molecule has 0 radical (unpaired) electrons. The molecular formula is C15H33NO3S. The van der Waals surface area contributed by atoms with Crippen LogP contribution in [-0.4, -0.2) is 57.3 Å². The molecule has 0 saturated carbocycles. The number of hydrogen-bond acceptors (Lipinski definition) is 5. The molecule has 1 N–H and O–H groups in total. The molecule has 0 aromatic rings. The van der Waals surface area contributed by atoms with Crippen LogP contribution in [0.15, 0.2) is 0 Å². The molecule has 0 atom stereocenters. The number of carbonyl (C=O) groups excluding carboxylic acids is 1. The molecule has 122 valence electrons. The van der Waals surface area contributed by atoms with Crippen LogP contribution in [0.25, 0.3) is 0 Å². The summed E-state index contributed by atoms with van der Waals surface area (Å²) >= 11 is 1.87. The van der Waals surface area contributed by atoms with Crippen molar-refractivity contribution >= 4 is 17.5 Å². The van der Waals surface area contributed by atoms with Gasteiger partial charge >= 0.3 is 0 Å². The Hall–Kier alpha value is -0.100. The third-order valence-electron chi connectivity index (χ3n) is 2.31. The minimum absolute atomic E-state index is 0.130. The zero-order valence-electron chi connectivity index (χ0n) is 14.1. The maximum atomic E-state index is 11.5. The zero-order valence-corrected chi connectivity index (χ0v) is 14.9. The van der Waals surface area contributed by atoms with E-state index in [1.165, 1.54) is 0 Å². The Kier molecular flexibility index (Phi) is 17.0. The van der Waals surface area contributed by atoms with Crippen molar-refractivity contribution in [3.8, 4) is 0 Å². The highest BCUT2D eigenvalue weighted by Crippen LogP contribution is 2.14. The van der Waals surface area contributed by atoms with E-state index in [1.54, 1.807) is 0 Å². The van der Waals surface area contributed by atoms with Gasteiger partial charge in [0.25, 0.3) is 0 Å². The van der Waals surface area contributed by atoms with Crippen molar-refractivity contribution in [1.29, 1.82) is 0 Å². The van der Waals surface area contributed by atoms with Gasteiger partial charge in [-0.05, 0) is 7.05 Å². The summed E-state index contributed by atoms with van der Waals surface area (Å²) in [7, 11) is 1.95. The predicted octanol–water partition coefficient (Wildman–Crippen LogP) is 2.61. The molecule has 0 aromatic carbocycles. The summed E-state index contributed by atoms with van der Waals surface area (Å²) in [4.78, 5) is 11.5. The van der Waals surface area contributed by atoms with Gasteiger partial charge in [0.2, 0.25) is 0 Å². The minimum Gasteiger partial charge on any atom is -0.378 e. The van der Waals surface area contributed by atoms with Crippen molar-refractivity contribution in [3.63, 3.8) is 0 Å². The van der Waals surface area contributed by atoms with Crippen LogP contribution in [0, 0.1) is 5.41 Å². The molecule has 0 spiro atoms. The Morgan fingerprint density at radius 3 is 2.20 bits per heavy atom. The number of ether oxygens (including phenoxy) is 2. The lowest BCUT2D eigenvalue weighted by atomic mass is 9.91. The smallest absolute Gasteiger partial charge is 0.163 e. The van der Waals surface area contributed by atoms with Gasteiger partial charge in [-0.15, -0.1) is 0 Å². The monoisotopic (exact) mass is 307 g/mol. The molecule has 0 unspecified atom stereocenters. The number of nitrogens with one attached hydrogen (secondary N) is 1. The first-order chi connectivity index (χ1) is 9.48. The molecule has 20 heavy (non-hydrogen) atoms. The second-order valence-electron chi connectivity index (χ2n) is 5.05. The van der Waals surface area contributed by atoms with Gasteiger partial charge in [-0.25, -0.2) is 0 Å². The number of carbonyl (C=O) groups is 1. The Labute approximate surface area is 129 Å². The van der Waals surface area contributed by atoms with E-state index in [0.717, 1.165) is 24.7 Å². The zero-order chi connectivity index (χ0) is 15.9. The van der Waals surface area contributed by atoms with Crippen molar-refractivity contribution in [3.05, 3.63) is 0 Å². The molecule has 0 heterocycles. The second kappa shape index (κ2) is 15.3. The minimum atomic E-state index is -0.315. The summed E-state index contributed by atoms with van der Waals surface area (Å²) in [6.07, 6.45) is 0. The molecular weight excluding hydrogens is 274 g/mol. The average Bonchev–Trinajstić information content (AvgIpc) is 2.42. The SMILES string of the molecule is CC.CNCCSCCOCCOCC(=O)C(C)(C)C. The van der Waals surface area contributed by atoms with Gasteiger partial charge < -0.3 is 14.8 Å². The van der Waals surface area contributed by atoms with E-state index < -0.39 is 0 Å². The van der Waals surface area contributed by atoms with Gasteiger partial charge in [0.05, 0.1) is 19.8 Å². The third kappa shape index (κ3) is 16.0. The van der Waals surface area contributed by atoms with Gasteiger partial charge in [-0.3, -0.25) is 4.79 Å². The molecule has 0 bridgehead atoms. The Morgan fingerprint density at radius 1 is 1.05 bits per heavy atom. The number of Topliss-reactive ketones (excluding diaryl/α,β-unsaturated/α-hetero) is 1. The molecule has 4 nitrogen and oxygen atoms in total. The van der Waals surface area contributed by atoms with E-state index in [2.05, 4.69) is 5.32 Å². The van der Waals surface area contributed by atoms with Crippen LogP contribution >= 0.6 is 11.8 Å². The van der Waals surface area contributed by atoms with Crippen LogP contribution in [-0.2, 0) is 14.3 Å². The van der Waals surface area contributed by atoms with Crippen molar-refractivity contribution in [2.45, 2.75) is 34.6 Å². The number of ketones is 1. The van der Waals surface area contributed by atoms with Crippen molar-refractivity contribution in [1.82, 2.24) is 5.32 Å². The van der Waals surface area contributed by atoms with Crippen LogP contribution in [0.4, 0.5) is 0 Å². The summed E-state index contributed by atoms with van der Waals surface area (Å²) in [5.74, 6) is 2.24. The van der Waals surface area contributed by atoms with Crippen LogP contribution in [0.3, 0.4) is 0 Å². The molecule has 0 aliphatic rings. The lowest BCUT2D eigenvalue weighted by Gasteiger charge is -2.16. The summed E-state index contributed by atoms with van der Waals surface area (Å²) < 4.78 is 10.7. The van der Waals surface area contributed by atoms with E-state index in [-0.39, 0.29) is 17.8 Å². The lowest BCUT2D eigenvalue weighted by molar-refractivity contribution is -0.131. The van der Waals surface area contributed by atoms with E-state index in [0.29, 0.717) is 13.2 Å². The molecule has 0 rings (SSSR count). The van der Waals surface area contributed by atoms with E-state index in [4.69, 9.17) is 9.47 Å². The largest absolute Gasteiger partial charge is 0.378 e. The maximum absolute atomic E-state index is 11.5. The normalized spacial score (nSPS) is 10.9. The Bertz CT molecular complexity index is 218.